The van der Waals surface area contributed by atoms with Crippen LogP contribution < -0.4 is 0 Å². The lowest BCUT2D eigenvalue weighted by molar-refractivity contribution is 0.0977. The van der Waals surface area contributed by atoms with E-state index in [9.17, 15) is 0 Å². The fraction of sp³-hybridized carbons (Fsp3) is 0.273. The van der Waals surface area contributed by atoms with Gasteiger partial charge in [-0.3, -0.25) is 0 Å². The van der Waals surface area contributed by atoms with Gasteiger partial charge in [0.05, 0.1) is 12.2 Å². The molecule has 0 bridgehead atoms. The van der Waals surface area contributed by atoms with Crippen LogP contribution in [0.25, 0.3) is 0 Å². The zero-order valence-corrected chi connectivity index (χ0v) is 24.4. The summed E-state index contributed by atoms with van der Waals surface area (Å²) in [6.45, 7) is 24.3. The molecule has 0 amide bonds. The SMILES string of the molecule is C=CC[Si](CC=C)(CC=C)OC(CC(O[Si](CC=C)(CC=C)CC=C)c1ccccc1)c1ccccc1. The van der Waals surface area contributed by atoms with Crippen LogP contribution in [-0.4, -0.2) is 16.6 Å². The molecule has 0 radical (unpaired) electrons. The van der Waals surface area contributed by atoms with Crippen LogP contribution in [0.15, 0.2) is 137 Å². The lowest BCUT2D eigenvalue weighted by atomic mass is 9.99. The summed E-state index contributed by atoms with van der Waals surface area (Å²) >= 11 is 0. The summed E-state index contributed by atoms with van der Waals surface area (Å²) in [6, 6.07) is 26.1. The Morgan fingerprint density at radius 2 is 0.757 bits per heavy atom. The Morgan fingerprint density at radius 3 is 1.00 bits per heavy atom. The van der Waals surface area contributed by atoms with Crippen LogP contribution in [0.4, 0.5) is 0 Å². The molecule has 0 aliphatic carbocycles. The first-order valence-corrected chi connectivity index (χ1v) is 18.2. The third-order valence-corrected chi connectivity index (χ3v) is 14.4. The largest absolute Gasteiger partial charge is 0.409 e. The van der Waals surface area contributed by atoms with Crippen LogP contribution in [-0.2, 0) is 8.85 Å². The molecular formula is C33H44O2Si2. The van der Waals surface area contributed by atoms with Gasteiger partial charge in [-0.05, 0) is 47.4 Å². The zero-order valence-electron chi connectivity index (χ0n) is 22.4. The van der Waals surface area contributed by atoms with E-state index in [2.05, 4.69) is 88.0 Å². The minimum Gasteiger partial charge on any atom is -0.409 e. The molecule has 2 nitrogen and oxygen atoms in total. The zero-order chi connectivity index (χ0) is 27.0. The van der Waals surface area contributed by atoms with Gasteiger partial charge in [0, 0.05) is 6.42 Å². The van der Waals surface area contributed by atoms with Crippen molar-refractivity contribution in [3.05, 3.63) is 148 Å². The smallest absolute Gasteiger partial charge is 0.204 e. The van der Waals surface area contributed by atoms with Gasteiger partial charge < -0.3 is 8.85 Å². The molecule has 0 fully saturated rings. The monoisotopic (exact) mass is 528 g/mol. The van der Waals surface area contributed by atoms with Gasteiger partial charge in [-0.25, -0.2) is 0 Å². The molecule has 0 aliphatic heterocycles. The maximum atomic E-state index is 7.19. The van der Waals surface area contributed by atoms with Gasteiger partial charge in [-0.1, -0.05) is 97.1 Å². The summed E-state index contributed by atoms with van der Waals surface area (Å²) in [4.78, 5) is 0. The van der Waals surface area contributed by atoms with Gasteiger partial charge >= 0.3 is 0 Å². The van der Waals surface area contributed by atoms with Crippen molar-refractivity contribution in [3.63, 3.8) is 0 Å². The van der Waals surface area contributed by atoms with Crippen LogP contribution in [0.5, 0.6) is 0 Å². The van der Waals surface area contributed by atoms with E-state index in [1.807, 2.05) is 48.6 Å². The molecule has 0 heterocycles. The van der Waals surface area contributed by atoms with Gasteiger partial charge in [0.25, 0.3) is 0 Å². The van der Waals surface area contributed by atoms with Crippen molar-refractivity contribution in [2.24, 2.45) is 0 Å². The summed E-state index contributed by atoms with van der Waals surface area (Å²) in [5.41, 5.74) is 2.31. The number of rotatable bonds is 20. The highest BCUT2D eigenvalue weighted by Gasteiger charge is 2.39. The minimum absolute atomic E-state index is 0.138. The summed E-state index contributed by atoms with van der Waals surface area (Å²) < 4.78 is 14.4. The summed E-state index contributed by atoms with van der Waals surface area (Å²) in [6.07, 6.45) is 12.4. The second kappa shape index (κ2) is 16.2. The van der Waals surface area contributed by atoms with Crippen LogP contribution in [0.3, 0.4) is 0 Å². The molecule has 0 aromatic heterocycles. The molecule has 2 aromatic carbocycles. The maximum Gasteiger partial charge on any atom is 0.204 e. The molecule has 196 valence electrons. The first kappa shape index (κ1) is 30.5. The number of benzene rings is 2. The number of allylic oxidation sites excluding steroid dienone is 6. The van der Waals surface area contributed by atoms with Crippen molar-refractivity contribution in [2.45, 2.75) is 54.9 Å². The summed E-state index contributed by atoms with van der Waals surface area (Å²) in [7, 11) is -4.52. The van der Waals surface area contributed by atoms with E-state index in [4.69, 9.17) is 8.85 Å². The maximum absolute atomic E-state index is 7.19. The molecular weight excluding hydrogens is 485 g/mol. The highest BCUT2D eigenvalue weighted by molar-refractivity contribution is 6.75. The van der Waals surface area contributed by atoms with Crippen LogP contribution >= 0.6 is 0 Å². The molecule has 0 N–H and O–H groups in total. The third-order valence-electron chi connectivity index (χ3n) is 6.65. The first-order valence-electron chi connectivity index (χ1n) is 13.1. The minimum atomic E-state index is -2.26. The molecule has 0 saturated heterocycles. The highest BCUT2D eigenvalue weighted by Crippen LogP contribution is 2.40. The molecule has 2 rings (SSSR count). The van der Waals surface area contributed by atoms with E-state index >= 15 is 0 Å². The van der Waals surface area contributed by atoms with Crippen molar-refractivity contribution < 1.29 is 8.85 Å². The average molecular weight is 529 g/mol. The second-order valence-electron chi connectivity index (χ2n) is 9.59. The molecule has 37 heavy (non-hydrogen) atoms. The third kappa shape index (κ3) is 9.24. The molecule has 0 spiro atoms. The standard InChI is InChI=1S/C33H44O2Si2/c1-7-23-36(24-8-2,25-9-3)34-32(30-19-15-13-16-20-30)29-33(31-21-17-14-18-22-31)35-37(26-10-4,27-11-5)28-12-6/h7-22,32-33H,1-6,23-29H2. The lowest BCUT2D eigenvalue weighted by Gasteiger charge is -2.38. The van der Waals surface area contributed by atoms with Crippen molar-refractivity contribution in [1.82, 2.24) is 0 Å². The van der Waals surface area contributed by atoms with Crippen molar-refractivity contribution in [2.75, 3.05) is 0 Å². The topological polar surface area (TPSA) is 18.5 Å². The Morgan fingerprint density at radius 1 is 0.486 bits per heavy atom. The van der Waals surface area contributed by atoms with Gasteiger partial charge in [0.2, 0.25) is 16.6 Å². The Labute approximate surface area is 227 Å². The Hall–Kier alpha value is -2.77. The number of hydrogen-bond donors (Lipinski definition) is 0. The van der Waals surface area contributed by atoms with E-state index < -0.39 is 16.6 Å². The van der Waals surface area contributed by atoms with E-state index in [1.165, 1.54) is 0 Å². The Bertz CT molecular complexity index is 865. The van der Waals surface area contributed by atoms with Gasteiger partial charge in [0.1, 0.15) is 0 Å². The van der Waals surface area contributed by atoms with Gasteiger partial charge in [0.15, 0.2) is 0 Å². The van der Waals surface area contributed by atoms with E-state index in [0.29, 0.717) is 6.42 Å². The fourth-order valence-corrected chi connectivity index (χ4v) is 11.4. The van der Waals surface area contributed by atoms with E-state index in [0.717, 1.165) is 47.4 Å². The molecule has 0 saturated carbocycles. The second-order valence-corrected chi connectivity index (χ2v) is 17.2. The first-order chi connectivity index (χ1) is 18.0. The highest BCUT2D eigenvalue weighted by atomic mass is 28.4. The van der Waals surface area contributed by atoms with E-state index in [-0.39, 0.29) is 12.2 Å². The molecule has 0 aliphatic rings. The summed E-state index contributed by atoms with van der Waals surface area (Å²) in [5, 5.41) is 0. The normalized spacial score (nSPS) is 13.2. The summed E-state index contributed by atoms with van der Waals surface area (Å²) in [5.74, 6) is 0. The van der Waals surface area contributed by atoms with Gasteiger partial charge in [-0.2, -0.15) is 0 Å². The molecule has 2 unspecified atom stereocenters. The van der Waals surface area contributed by atoms with Crippen LogP contribution in [0.1, 0.15) is 29.8 Å². The van der Waals surface area contributed by atoms with Crippen molar-refractivity contribution >= 4 is 16.6 Å². The predicted octanol–water partition coefficient (Wildman–Crippen LogP) is 9.90. The van der Waals surface area contributed by atoms with Crippen LogP contribution in [0, 0.1) is 0 Å². The van der Waals surface area contributed by atoms with Gasteiger partial charge in [-0.15, -0.1) is 39.5 Å². The molecule has 2 atom stereocenters. The Kier molecular flexibility index (Phi) is 13.3. The average Bonchev–Trinajstić information content (AvgIpc) is 2.90. The van der Waals surface area contributed by atoms with E-state index in [1.54, 1.807) is 0 Å². The quantitative estimate of drug-likeness (QED) is 0.126. The number of hydrogen-bond acceptors (Lipinski definition) is 2. The predicted molar refractivity (Wildman–Crippen MR) is 167 cm³/mol. The van der Waals surface area contributed by atoms with Crippen molar-refractivity contribution in [3.8, 4) is 0 Å². The fourth-order valence-electron chi connectivity index (χ4n) is 5.00. The Balaban J connectivity index is 2.58. The lowest BCUT2D eigenvalue weighted by Crippen LogP contribution is -2.40. The molecule has 2 aromatic rings. The van der Waals surface area contributed by atoms with Crippen molar-refractivity contribution in [1.29, 1.82) is 0 Å². The van der Waals surface area contributed by atoms with Crippen LogP contribution in [0.2, 0.25) is 36.3 Å². The molecule has 4 heteroatoms.